The van der Waals surface area contributed by atoms with Crippen LogP contribution in [0.3, 0.4) is 0 Å². The van der Waals surface area contributed by atoms with Gasteiger partial charge in [-0.1, -0.05) is 46.3 Å². The van der Waals surface area contributed by atoms with E-state index in [9.17, 15) is 4.79 Å². The summed E-state index contributed by atoms with van der Waals surface area (Å²) in [5, 5.41) is 0. The summed E-state index contributed by atoms with van der Waals surface area (Å²) in [5.41, 5.74) is 3.99. The lowest BCUT2D eigenvalue weighted by molar-refractivity contribution is 0.100. The van der Waals surface area contributed by atoms with Gasteiger partial charge in [0.1, 0.15) is 17.4 Å². The van der Waals surface area contributed by atoms with Gasteiger partial charge in [0.2, 0.25) is 5.88 Å². The van der Waals surface area contributed by atoms with Gasteiger partial charge in [-0.05, 0) is 30.5 Å². The molecule has 0 bridgehead atoms. The highest BCUT2D eigenvalue weighted by atomic mass is 79.9. The molecule has 0 N–H and O–H groups in total. The lowest BCUT2D eigenvalue weighted by Crippen LogP contribution is -2.36. The maximum absolute atomic E-state index is 12.3. The van der Waals surface area contributed by atoms with Crippen LogP contribution in [-0.4, -0.2) is 46.9 Å². The van der Waals surface area contributed by atoms with E-state index < -0.39 is 0 Å². The number of aryl methyl sites for hydroxylation is 1. The lowest BCUT2D eigenvalue weighted by atomic mass is 9.99. The molecule has 1 aromatic heterocycles. The first-order valence-electron chi connectivity index (χ1n) is 10.7. The van der Waals surface area contributed by atoms with E-state index in [1.807, 2.05) is 37.3 Å². The summed E-state index contributed by atoms with van der Waals surface area (Å²) in [5.74, 6) is 2.47. The summed E-state index contributed by atoms with van der Waals surface area (Å²) in [4.78, 5) is 26.9. The SMILES string of the molecule is [C-]#[N+]c1ccc(-c2ccc3c(c2)CC(Br)C3=O)c(Oc2cc(N3CCOCC3)nc(C)n2)c1. The Hall–Kier alpha value is -3.28. The minimum absolute atomic E-state index is 0.114. The number of Topliss-reactive ketones (excluding diaryl/α,β-unsaturated/α-hetero) is 1. The highest BCUT2D eigenvalue weighted by molar-refractivity contribution is 9.10. The molecule has 166 valence electrons. The minimum Gasteiger partial charge on any atom is -0.440 e. The number of carbonyl (C=O) groups excluding carboxylic acids is 1. The van der Waals surface area contributed by atoms with E-state index in [1.54, 1.807) is 12.1 Å². The second-order valence-electron chi connectivity index (χ2n) is 8.01. The Morgan fingerprint density at radius 2 is 1.91 bits per heavy atom. The largest absolute Gasteiger partial charge is 0.440 e. The molecule has 7 nitrogen and oxygen atoms in total. The molecule has 3 aromatic rings. The molecular formula is C25H21BrN4O3. The molecule has 0 amide bonds. The van der Waals surface area contributed by atoms with Crippen LogP contribution in [-0.2, 0) is 11.2 Å². The maximum Gasteiger partial charge on any atom is 0.224 e. The van der Waals surface area contributed by atoms with Crippen LogP contribution in [0.15, 0.2) is 42.5 Å². The number of anilines is 1. The van der Waals surface area contributed by atoms with E-state index in [0.29, 0.717) is 42.8 Å². The number of ether oxygens (including phenoxy) is 2. The Morgan fingerprint density at radius 3 is 2.70 bits per heavy atom. The zero-order chi connectivity index (χ0) is 22.9. The number of fused-ring (bicyclic) bond motifs is 1. The van der Waals surface area contributed by atoms with Gasteiger partial charge in [0.05, 0.1) is 24.6 Å². The highest BCUT2D eigenvalue weighted by Gasteiger charge is 2.28. The number of benzene rings is 2. The predicted octanol–water partition coefficient (Wildman–Crippen LogP) is 5.13. The van der Waals surface area contributed by atoms with Gasteiger partial charge in [0, 0.05) is 30.3 Å². The normalized spacial score (nSPS) is 17.5. The van der Waals surface area contributed by atoms with Crippen LogP contribution >= 0.6 is 15.9 Å². The van der Waals surface area contributed by atoms with Gasteiger partial charge in [0.15, 0.2) is 11.5 Å². The van der Waals surface area contributed by atoms with Gasteiger partial charge >= 0.3 is 0 Å². The van der Waals surface area contributed by atoms with Crippen LogP contribution in [0.2, 0.25) is 0 Å². The summed E-state index contributed by atoms with van der Waals surface area (Å²) in [6, 6.07) is 13.0. The molecule has 33 heavy (non-hydrogen) atoms. The third-order valence-electron chi connectivity index (χ3n) is 5.81. The molecule has 0 saturated carbocycles. The average molecular weight is 505 g/mol. The van der Waals surface area contributed by atoms with E-state index in [-0.39, 0.29) is 10.6 Å². The fourth-order valence-corrected chi connectivity index (χ4v) is 4.77. The van der Waals surface area contributed by atoms with Crippen molar-refractivity contribution in [3.63, 3.8) is 0 Å². The minimum atomic E-state index is -0.175. The van der Waals surface area contributed by atoms with Crippen molar-refractivity contribution in [2.45, 2.75) is 18.2 Å². The van der Waals surface area contributed by atoms with Crippen LogP contribution < -0.4 is 9.64 Å². The van der Waals surface area contributed by atoms with Gasteiger partial charge in [-0.3, -0.25) is 4.79 Å². The number of nitrogens with zero attached hydrogens (tertiary/aromatic N) is 4. The molecule has 0 radical (unpaired) electrons. The van der Waals surface area contributed by atoms with Crippen molar-refractivity contribution in [2.75, 3.05) is 31.2 Å². The topological polar surface area (TPSA) is 68.9 Å². The Morgan fingerprint density at radius 1 is 1.12 bits per heavy atom. The van der Waals surface area contributed by atoms with Crippen LogP contribution in [0.25, 0.3) is 16.0 Å². The van der Waals surface area contributed by atoms with Crippen molar-refractivity contribution >= 4 is 33.2 Å². The third kappa shape index (κ3) is 4.34. The van der Waals surface area contributed by atoms with E-state index >= 15 is 0 Å². The van der Waals surface area contributed by atoms with Crippen molar-refractivity contribution in [3.8, 4) is 22.8 Å². The van der Waals surface area contributed by atoms with Crippen LogP contribution in [0.4, 0.5) is 11.5 Å². The van der Waals surface area contributed by atoms with E-state index in [0.717, 1.165) is 41.2 Å². The number of halogens is 1. The first-order valence-corrected chi connectivity index (χ1v) is 11.6. The molecule has 8 heteroatoms. The van der Waals surface area contributed by atoms with Gasteiger partial charge in [0.25, 0.3) is 0 Å². The van der Waals surface area contributed by atoms with Crippen LogP contribution in [0, 0.1) is 13.5 Å². The molecule has 0 spiro atoms. The van der Waals surface area contributed by atoms with Crippen molar-refractivity contribution < 1.29 is 14.3 Å². The van der Waals surface area contributed by atoms with Gasteiger partial charge < -0.3 is 14.4 Å². The summed E-state index contributed by atoms with van der Waals surface area (Å²) in [6.45, 7) is 12.1. The molecule has 1 saturated heterocycles. The Labute approximate surface area is 200 Å². The van der Waals surface area contributed by atoms with E-state index in [2.05, 4.69) is 35.6 Å². The Kier molecular flexibility index (Phi) is 5.83. The lowest BCUT2D eigenvalue weighted by Gasteiger charge is -2.28. The number of carbonyl (C=O) groups is 1. The number of hydrogen-bond donors (Lipinski definition) is 0. The fraction of sp³-hybridized carbons (Fsp3) is 0.280. The number of hydrogen-bond acceptors (Lipinski definition) is 6. The first-order chi connectivity index (χ1) is 16.0. The molecule has 1 atom stereocenters. The molecule has 2 aromatic carbocycles. The maximum atomic E-state index is 12.3. The van der Waals surface area contributed by atoms with Crippen LogP contribution in [0.1, 0.15) is 21.7 Å². The summed E-state index contributed by atoms with van der Waals surface area (Å²) >= 11 is 3.46. The predicted molar refractivity (Wildman–Crippen MR) is 129 cm³/mol. The second kappa shape index (κ2) is 8.93. The highest BCUT2D eigenvalue weighted by Crippen LogP contribution is 2.39. The molecule has 5 rings (SSSR count). The summed E-state index contributed by atoms with van der Waals surface area (Å²) < 4.78 is 11.7. The van der Waals surface area contributed by atoms with Crippen molar-refractivity contribution in [3.05, 3.63) is 70.8 Å². The zero-order valence-corrected chi connectivity index (χ0v) is 19.6. The van der Waals surface area contributed by atoms with Crippen LogP contribution in [0.5, 0.6) is 11.6 Å². The van der Waals surface area contributed by atoms with Crippen molar-refractivity contribution in [2.24, 2.45) is 0 Å². The van der Waals surface area contributed by atoms with Gasteiger partial charge in [-0.25, -0.2) is 9.83 Å². The summed E-state index contributed by atoms with van der Waals surface area (Å²) in [7, 11) is 0. The monoisotopic (exact) mass is 504 g/mol. The first kappa shape index (κ1) is 21.6. The molecule has 1 aliphatic heterocycles. The molecular weight excluding hydrogens is 484 g/mol. The smallest absolute Gasteiger partial charge is 0.224 e. The number of ketones is 1. The van der Waals surface area contributed by atoms with Crippen molar-refractivity contribution in [1.29, 1.82) is 0 Å². The van der Waals surface area contributed by atoms with Crippen molar-refractivity contribution in [1.82, 2.24) is 9.97 Å². The molecule has 2 aliphatic rings. The quantitative estimate of drug-likeness (QED) is 0.362. The van der Waals surface area contributed by atoms with Gasteiger partial charge in [-0.15, -0.1) is 0 Å². The Balaban J connectivity index is 1.52. The van der Waals surface area contributed by atoms with E-state index in [4.69, 9.17) is 16.0 Å². The zero-order valence-electron chi connectivity index (χ0n) is 18.0. The number of rotatable bonds is 4. The average Bonchev–Trinajstić information content (AvgIpc) is 3.12. The second-order valence-corrected chi connectivity index (χ2v) is 9.12. The molecule has 2 heterocycles. The summed E-state index contributed by atoms with van der Waals surface area (Å²) in [6.07, 6.45) is 0.659. The molecule has 1 unspecified atom stereocenters. The number of alkyl halides is 1. The van der Waals surface area contributed by atoms with E-state index in [1.165, 1.54) is 0 Å². The number of aromatic nitrogens is 2. The third-order valence-corrected chi connectivity index (χ3v) is 6.55. The standard InChI is InChI=1S/C25H21BrN4O3/c1-15-28-23(30-7-9-32-10-8-30)14-24(29-15)33-22-13-18(27-2)4-6-19(22)16-3-5-20-17(11-16)12-21(26)25(20)31/h3-6,11,13-14,21H,7-10,12H2,1H3. The molecule has 1 aliphatic carbocycles. The van der Waals surface area contributed by atoms with Gasteiger partial charge in [-0.2, -0.15) is 4.98 Å². The molecule has 1 fully saturated rings. The number of morpholine rings is 1. The fourth-order valence-electron chi connectivity index (χ4n) is 4.17. The Bertz CT molecular complexity index is 1280.